The van der Waals surface area contributed by atoms with Crippen LogP contribution in [0.5, 0.6) is 0 Å². The molecule has 0 saturated carbocycles. The molecule has 0 aliphatic heterocycles. The number of aryl methyl sites for hydroxylation is 2. The number of thiophene rings is 1. The molecule has 0 bridgehead atoms. The summed E-state index contributed by atoms with van der Waals surface area (Å²) in [6.45, 7) is 9.84. The van der Waals surface area contributed by atoms with Gasteiger partial charge in [-0.3, -0.25) is 4.98 Å². The van der Waals surface area contributed by atoms with Crippen LogP contribution in [0, 0.1) is 13.8 Å². The first-order chi connectivity index (χ1) is 11.1. The summed E-state index contributed by atoms with van der Waals surface area (Å²) in [5, 5.41) is 6.78. The van der Waals surface area contributed by atoms with Crippen LogP contribution in [0.15, 0.2) is 35.3 Å². The highest BCUT2D eigenvalue weighted by molar-refractivity contribution is 7.11. The van der Waals surface area contributed by atoms with E-state index in [9.17, 15) is 0 Å². The van der Waals surface area contributed by atoms with E-state index < -0.39 is 0 Å². The average molecular weight is 331 g/mol. The van der Waals surface area contributed by atoms with Gasteiger partial charge in [0.15, 0.2) is 5.96 Å². The second-order valence-electron chi connectivity index (χ2n) is 5.73. The molecule has 2 aromatic rings. The molecule has 0 saturated heterocycles. The molecule has 124 valence electrons. The van der Waals surface area contributed by atoms with E-state index in [-0.39, 0.29) is 0 Å². The molecule has 2 aromatic heterocycles. The lowest BCUT2D eigenvalue weighted by Crippen LogP contribution is -2.43. The molecular weight excluding hydrogens is 304 g/mol. The number of pyridine rings is 1. The molecule has 0 spiro atoms. The van der Waals surface area contributed by atoms with Gasteiger partial charge in [-0.25, -0.2) is 4.99 Å². The lowest BCUT2D eigenvalue weighted by Gasteiger charge is -2.17. The normalized spacial score (nSPS) is 13.0. The second-order valence-corrected chi connectivity index (χ2v) is 7.10. The fourth-order valence-corrected chi connectivity index (χ4v) is 3.37. The van der Waals surface area contributed by atoms with Crippen molar-refractivity contribution in [2.75, 3.05) is 6.54 Å². The van der Waals surface area contributed by atoms with E-state index in [1.165, 1.54) is 9.75 Å². The van der Waals surface area contributed by atoms with Gasteiger partial charge in [0.2, 0.25) is 0 Å². The van der Waals surface area contributed by atoms with E-state index in [0.717, 1.165) is 30.3 Å². The summed E-state index contributed by atoms with van der Waals surface area (Å²) in [4.78, 5) is 11.9. The van der Waals surface area contributed by atoms with E-state index in [1.807, 2.05) is 36.5 Å². The van der Waals surface area contributed by atoms with E-state index in [4.69, 9.17) is 0 Å². The summed E-state index contributed by atoms with van der Waals surface area (Å²) >= 11 is 1.86. The number of guanidine groups is 1. The van der Waals surface area contributed by atoms with Crippen LogP contribution in [0.2, 0.25) is 0 Å². The highest BCUT2D eigenvalue weighted by atomic mass is 32.1. The van der Waals surface area contributed by atoms with Crippen LogP contribution < -0.4 is 10.6 Å². The Hall–Kier alpha value is -1.88. The van der Waals surface area contributed by atoms with Crippen molar-refractivity contribution in [3.8, 4) is 0 Å². The highest BCUT2D eigenvalue weighted by Crippen LogP contribution is 2.16. The minimum Gasteiger partial charge on any atom is -0.357 e. The average Bonchev–Trinajstić information content (AvgIpc) is 2.90. The van der Waals surface area contributed by atoms with E-state index >= 15 is 0 Å². The number of hydrogen-bond acceptors (Lipinski definition) is 3. The predicted molar refractivity (Wildman–Crippen MR) is 99.1 cm³/mol. The first kappa shape index (κ1) is 17.5. The first-order valence-corrected chi connectivity index (χ1v) is 8.91. The van der Waals surface area contributed by atoms with Crippen molar-refractivity contribution in [1.82, 2.24) is 15.6 Å². The van der Waals surface area contributed by atoms with Crippen LogP contribution in [0.3, 0.4) is 0 Å². The Morgan fingerprint density at radius 3 is 2.74 bits per heavy atom. The van der Waals surface area contributed by atoms with Crippen LogP contribution >= 0.6 is 11.3 Å². The molecule has 0 aromatic carbocycles. The fraction of sp³-hybridized carbons (Fsp3) is 0.444. The quantitative estimate of drug-likeness (QED) is 0.630. The Labute approximate surface area is 143 Å². The lowest BCUT2D eigenvalue weighted by molar-refractivity contribution is 0.645. The molecule has 0 fully saturated rings. The summed E-state index contributed by atoms with van der Waals surface area (Å²) < 4.78 is 0. The summed E-state index contributed by atoms with van der Waals surface area (Å²) in [5.74, 6) is 0.844. The smallest absolute Gasteiger partial charge is 0.191 e. The monoisotopic (exact) mass is 330 g/mol. The fourth-order valence-electron chi connectivity index (χ4n) is 2.35. The van der Waals surface area contributed by atoms with Crippen molar-refractivity contribution < 1.29 is 0 Å². The van der Waals surface area contributed by atoms with Crippen molar-refractivity contribution in [3.63, 3.8) is 0 Å². The van der Waals surface area contributed by atoms with Crippen LogP contribution in [0.4, 0.5) is 0 Å². The van der Waals surface area contributed by atoms with Gasteiger partial charge in [0, 0.05) is 34.5 Å². The Balaban J connectivity index is 1.95. The zero-order valence-electron chi connectivity index (χ0n) is 14.4. The maximum absolute atomic E-state index is 4.65. The molecule has 0 aliphatic rings. The van der Waals surface area contributed by atoms with E-state index in [1.54, 1.807) is 0 Å². The summed E-state index contributed by atoms with van der Waals surface area (Å²) in [7, 11) is 0. The van der Waals surface area contributed by atoms with Gasteiger partial charge < -0.3 is 10.6 Å². The van der Waals surface area contributed by atoms with Crippen molar-refractivity contribution in [1.29, 1.82) is 0 Å². The summed E-state index contributed by atoms with van der Waals surface area (Å²) in [6, 6.07) is 10.7. The first-order valence-electron chi connectivity index (χ1n) is 8.09. The standard InChI is InChI=1S/C18H26N4S/c1-5-19-18(20-12-16-8-6-7-13(2)21-16)22-14(3)11-17-10-9-15(4)23-17/h6-10,14H,5,11-12H2,1-4H3,(H2,19,20,22). The van der Waals surface area contributed by atoms with Crippen molar-refractivity contribution in [2.45, 2.75) is 46.7 Å². The Morgan fingerprint density at radius 1 is 1.26 bits per heavy atom. The SMILES string of the molecule is CCNC(=NCc1cccc(C)n1)NC(C)Cc1ccc(C)s1. The maximum Gasteiger partial charge on any atom is 0.191 e. The van der Waals surface area contributed by atoms with Gasteiger partial charge in [0.05, 0.1) is 12.2 Å². The van der Waals surface area contributed by atoms with Gasteiger partial charge in [-0.15, -0.1) is 11.3 Å². The molecule has 0 amide bonds. The number of nitrogens with zero attached hydrogens (tertiary/aromatic N) is 2. The molecule has 2 N–H and O–H groups in total. The topological polar surface area (TPSA) is 49.3 Å². The third kappa shape index (κ3) is 6.02. The largest absolute Gasteiger partial charge is 0.357 e. The zero-order chi connectivity index (χ0) is 16.7. The van der Waals surface area contributed by atoms with E-state index in [0.29, 0.717) is 12.6 Å². The Morgan fingerprint density at radius 2 is 2.09 bits per heavy atom. The van der Waals surface area contributed by atoms with Crippen molar-refractivity contribution in [2.24, 2.45) is 4.99 Å². The second kappa shape index (κ2) is 8.67. The molecule has 0 radical (unpaired) electrons. The van der Waals surface area contributed by atoms with Gasteiger partial charge in [0.25, 0.3) is 0 Å². The number of aliphatic imine (C=N–C) groups is 1. The third-order valence-corrected chi connectivity index (χ3v) is 4.40. The third-order valence-electron chi connectivity index (χ3n) is 3.38. The molecule has 0 aliphatic carbocycles. The van der Waals surface area contributed by atoms with Crippen molar-refractivity contribution >= 4 is 17.3 Å². The van der Waals surface area contributed by atoms with Gasteiger partial charge in [-0.2, -0.15) is 0 Å². The number of rotatable bonds is 6. The highest BCUT2D eigenvalue weighted by Gasteiger charge is 2.08. The Kier molecular flexibility index (Phi) is 6.59. The number of aromatic nitrogens is 1. The lowest BCUT2D eigenvalue weighted by atomic mass is 10.2. The molecule has 2 rings (SSSR count). The van der Waals surface area contributed by atoms with Gasteiger partial charge in [-0.1, -0.05) is 6.07 Å². The molecule has 2 heterocycles. The van der Waals surface area contributed by atoms with Crippen molar-refractivity contribution in [3.05, 3.63) is 51.5 Å². The molecular formula is C18H26N4S. The number of nitrogens with one attached hydrogen (secondary N) is 2. The molecule has 23 heavy (non-hydrogen) atoms. The molecule has 1 atom stereocenters. The van der Waals surface area contributed by atoms with E-state index in [2.05, 4.69) is 53.5 Å². The summed E-state index contributed by atoms with van der Waals surface area (Å²) in [5.41, 5.74) is 2.01. The molecule has 1 unspecified atom stereocenters. The van der Waals surface area contributed by atoms with Gasteiger partial charge in [0.1, 0.15) is 0 Å². The summed E-state index contributed by atoms with van der Waals surface area (Å²) in [6.07, 6.45) is 1.01. The number of hydrogen-bond donors (Lipinski definition) is 2. The van der Waals surface area contributed by atoms with Gasteiger partial charge in [-0.05, 0) is 52.0 Å². The minimum absolute atomic E-state index is 0.330. The molecule has 4 nitrogen and oxygen atoms in total. The molecule has 5 heteroatoms. The zero-order valence-corrected chi connectivity index (χ0v) is 15.2. The maximum atomic E-state index is 4.65. The predicted octanol–water partition coefficient (Wildman–Crippen LogP) is 3.45. The van der Waals surface area contributed by atoms with Crippen LogP contribution in [0.25, 0.3) is 0 Å². The minimum atomic E-state index is 0.330. The van der Waals surface area contributed by atoms with Crippen LogP contribution in [0.1, 0.15) is 35.0 Å². The van der Waals surface area contributed by atoms with Crippen LogP contribution in [-0.2, 0) is 13.0 Å². The van der Waals surface area contributed by atoms with Crippen LogP contribution in [-0.4, -0.2) is 23.5 Å². The van der Waals surface area contributed by atoms with Gasteiger partial charge >= 0.3 is 0 Å². The Bertz CT molecular complexity index is 648.